The van der Waals surface area contributed by atoms with Crippen LogP contribution < -0.4 is 0 Å². The minimum Gasteiger partial charge on any atom is -0.507 e. The lowest BCUT2D eigenvalue weighted by molar-refractivity contribution is -0.161. The Morgan fingerprint density at radius 2 is 1.67 bits per heavy atom. The number of benzene rings is 2. The Balaban J connectivity index is 1.83. The van der Waals surface area contributed by atoms with Crippen molar-refractivity contribution in [2.24, 2.45) is 5.41 Å². The Hall–Kier alpha value is -3.06. The Labute approximate surface area is 156 Å². The maximum atomic E-state index is 12.7. The summed E-state index contributed by atoms with van der Waals surface area (Å²) in [7, 11) is 0. The number of rotatable bonds is 4. The zero-order chi connectivity index (χ0) is 19.6. The van der Waals surface area contributed by atoms with E-state index in [4.69, 9.17) is 0 Å². The van der Waals surface area contributed by atoms with Crippen LogP contribution in [0.3, 0.4) is 0 Å². The molecule has 1 heterocycles. The number of aliphatic carboxylic acids is 1. The molecule has 4 N–H and O–H groups in total. The molecular weight excluding hydrogens is 350 g/mol. The summed E-state index contributed by atoms with van der Waals surface area (Å²) in [5, 5.41) is 40.2. The molecule has 0 aromatic heterocycles. The summed E-state index contributed by atoms with van der Waals surface area (Å²) < 4.78 is 0. The van der Waals surface area contributed by atoms with Crippen molar-refractivity contribution in [1.29, 1.82) is 0 Å². The van der Waals surface area contributed by atoms with Gasteiger partial charge in [-0.05, 0) is 30.5 Å². The van der Waals surface area contributed by atoms with Crippen LogP contribution in [0.2, 0.25) is 0 Å². The first-order chi connectivity index (χ1) is 12.8. The molecule has 1 aliphatic rings. The zero-order valence-corrected chi connectivity index (χ0v) is 14.6. The van der Waals surface area contributed by atoms with Crippen molar-refractivity contribution in [3.05, 3.63) is 59.7 Å². The average Bonchev–Trinajstić information content (AvgIpc) is 2.63. The predicted octanol–water partition coefficient (Wildman–Crippen LogP) is 1.62. The van der Waals surface area contributed by atoms with Gasteiger partial charge in [-0.2, -0.15) is 0 Å². The fourth-order valence-electron chi connectivity index (χ4n) is 3.56. The van der Waals surface area contributed by atoms with E-state index in [0.717, 1.165) is 5.56 Å². The van der Waals surface area contributed by atoms with Crippen molar-refractivity contribution in [3.8, 4) is 11.5 Å². The number of amides is 1. The second-order valence-electron chi connectivity index (χ2n) is 6.81. The first kappa shape index (κ1) is 18.7. The minimum absolute atomic E-state index is 0.0541. The molecule has 0 aliphatic carbocycles. The van der Waals surface area contributed by atoms with Gasteiger partial charge < -0.3 is 25.3 Å². The number of aromatic hydroxyl groups is 2. The maximum absolute atomic E-state index is 12.7. The van der Waals surface area contributed by atoms with Gasteiger partial charge in [0.05, 0.1) is 6.10 Å². The summed E-state index contributed by atoms with van der Waals surface area (Å²) in [5.41, 5.74) is -0.869. The number of carbonyl (C=O) groups is 2. The fourth-order valence-corrected chi connectivity index (χ4v) is 3.56. The number of aliphatic hydroxyl groups is 1. The first-order valence-corrected chi connectivity index (χ1v) is 8.61. The van der Waals surface area contributed by atoms with E-state index in [2.05, 4.69) is 0 Å². The Kier molecular flexibility index (Phi) is 5.05. The number of nitrogens with zero attached hydrogens (tertiary/aromatic N) is 1. The molecule has 1 aliphatic heterocycles. The van der Waals surface area contributed by atoms with Crippen LogP contribution >= 0.6 is 0 Å². The fraction of sp³-hybridized carbons (Fsp3) is 0.300. The van der Waals surface area contributed by atoms with E-state index < -0.39 is 23.4 Å². The quantitative estimate of drug-likeness (QED) is 0.649. The molecule has 0 bridgehead atoms. The van der Waals surface area contributed by atoms with Crippen molar-refractivity contribution >= 4 is 11.9 Å². The summed E-state index contributed by atoms with van der Waals surface area (Å²) in [6.45, 7) is -0.117. The Bertz CT molecular complexity index is 833. The number of β-amino-alcohol motifs (C(OH)–C–C–N with tert-alkyl or cyclic N) is 1. The number of carboxylic acids is 1. The molecule has 7 nitrogen and oxygen atoms in total. The number of piperidine rings is 1. The van der Waals surface area contributed by atoms with Crippen LogP contribution in [0, 0.1) is 5.41 Å². The molecule has 27 heavy (non-hydrogen) atoms. The molecule has 142 valence electrons. The van der Waals surface area contributed by atoms with Crippen LogP contribution in [0.25, 0.3) is 0 Å². The van der Waals surface area contributed by atoms with Crippen LogP contribution in [0.1, 0.15) is 22.3 Å². The normalized spacial score (nSPS) is 22.4. The van der Waals surface area contributed by atoms with Crippen LogP contribution in [-0.2, 0) is 11.2 Å². The number of hydrogen-bond donors (Lipinski definition) is 4. The van der Waals surface area contributed by atoms with Gasteiger partial charge in [0.25, 0.3) is 5.91 Å². The third-order valence-corrected chi connectivity index (χ3v) is 5.17. The highest BCUT2D eigenvalue weighted by molar-refractivity contribution is 5.99. The SMILES string of the molecule is O=C(c1c(O)cccc1O)N1CC[C@](Cc2ccccc2)(C(=O)O)[C@H](O)C1. The van der Waals surface area contributed by atoms with Crippen molar-refractivity contribution < 1.29 is 30.0 Å². The third kappa shape index (κ3) is 3.46. The van der Waals surface area contributed by atoms with Gasteiger partial charge in [0.1, 0.15) is 22.5 Å². The van der Waals surface area contributed by atoms with Crippen molar-refractivity contribution in [2.45, 2.75) is 18.9 Å². The number of phenolic OH excluding ortho intramolecular Hbond substituents is 2. The highest BCUT2D eigenvalue weighted by Crippen LogP contribution is 2.37. The number of aliphatic hydroxyl groups excluding tert-OH is 1. The maximum Gasteiger partial charge on any atom is 0.312 e. The number of hydrogen-bond acceptors (Lipinski definition) is 5. The summed E-state index contributed by atoms with van der Waals surface area (Å²) in [5.74, 6) is -2.50. The summed E-state index contributed by atoms with van der Waals surface area (Å²) >= 11 is 0. The van der Waals surface area contributed by atoms with Gasteiger partial charge in [-0.25, -0.2) is 0 Å². The van der Waals surface area contributed by atoms with Gasteiger partial charge in [-0.15, -0.1) is 0 Å². The third-order valence-electron chi connectivity index (χ3n) is 5.17. The van der Waals surface area contributed by atoms with Gasteiger partial charge >= 0.3 is 5.97 Å². The molecule has 0 unspecified atom stereocenters. The number of likely N-dealkylation sites (tertiary alicyclic amines) is 1. The van der Waals surface area contributed by atoms with Gasteiger partial charge in [0, 0.05) is 13.1 Å². The highest BCUT2D eigenvalue weighted by atomic mass is 16.4. The minimum atomic E-state index is -1.40. The van der Waals surface area contributed by atoms with E-state index in [1.165, 1.54) is 23.1 Å². The highest BCUT2D eigenvalue weighted by Gasteiger charge is 2.49. The number of carboxylic acid groups (broad SMARTS) is 1. The molecule has 1 saturated heterocycles. The van der Waals surface area contributed by atoms with Gasteiger partial charge in [0.2, 0.25) is 0 Å². The monoisotopic (exact) mass is 371 g/mol. The van der Waals surface area contributed by atoms with Crippen LogP contribution in [-0.4, -0.2) is 56.4 Å². The molecule has 0 spiro atoms. The molecule has 2 aromatic carbocycles. The number of carbonyl (C=O) groups excluding carboxylic acids is 1. The van der Waals surface area contributed by atoms with E-state index in [1.54, 1.807) is 24.3 Å². The van der Waals surface area contributed by atoms with Gasteiger partial charge in [-0.3, -0.25) is 9.59 Å². The number of phenols is 2. The summed E-state index contributed by atoms with van der Waals surface area (Å²) in [4.78, 5) is 25.9. The van der Waals surface area contributed by atoms with Crippen LogP contribution in [0.5, 0.6) is 11.5 Å². The lowest BCUT2D eigenvalue weighted by Gasteiger charge is -2.43. The lowest BCUT2D eigenvalue weighted by Crippen LogP contribution is -2.57. The molecule has 3 rings (SSSR count). The summed E-state index contributed by atoms with van der Waals surface area (Å²) in [6.07, 6.45) is -1.09. The smallest absolute Gasteiger partial charge is 0.312 e. The standard InChI is InChI=1S/C20H21NO6/c22-14-7-4-8-15(23)17(14)18(25)21-10-9-20(19(26)27,16(24)12-21)11-13-5-2-1-3-6-13/h1-8,16,22-24H,9-12H2,(H,26,27)/t16-,20-/m1/s1. The molecule has 1 amide bonds. The van der Waals surface area contributed by atoms with E-state index in [1.807, 2.05) is 6.07 Å². The molecular formula is C20H21NO6. The van der Waals surface area contributed by atoms with E-state index in [-0.39, 0.29) is 43.0 Å². The Morgan fingerprint density at radius 1 is 1.04 bits per heavy atom. The van der Waals surface area contributed by atoms with Crippen molar-refractivity contribution in [3.63, 3.8) is 0 Å². The molecule has 0 radical (unpaired) electrons. The molecule has 2 atom stereocenters. The molecule has 7 heteroatoms. The summed E-state index contributed by atoms with van der Waals surface area (Å²) in [6, 6.07) is 13.0. The lowest BCUT2D eigenvalue weighted by atomic mass is 9.71. The average molecular weight is 371 g/mol. The molecule has 2 aromatic rings. The predicted molar refractivity (Wildman–Crippen MR) is 96.5 cm³/mol. The second kappa shape index (κ2) is 7.28. The van der Waals surface area contributed by atoms with E-state index in [9.17, 15) is 30.0 Å². The zero-order valence-electron chi connectivity index (χ0n) is 14.6. The Morgan fingerprint density at radius 3 is 2.22 bits per heavy atom. The van der Waals surface area contributed by atoms with Crippen molar-refractivity contribution in [1.82, 2.24) is 4.90 Å². The second-order valence-corrected chi connectivity index (χ2v) is 6.81. The van der Waals surface area contributed by atoms with Gasteiger partial charge in [0.15, 0.2) is 0 Å². The largest absolute Gasteiger partial charge is 0.507 e. The van der Waals surface area contributed by atoms with Crippen molar-refractivity contribution in [2.75, 3.05) is 13.1 Å². The first-order valence-electron chi connectivity index (χ1n) is 8.61. The molecule has 1 fully saturated rings. The van der Waals surface area contributed by atoms with Gasteiger partial charge in [-0.1, -0.05) is 36.4 Å². The van der Waals surface area contributed by atoms with Crippen LogP contribution in [0.15, 0.2) is 48.5 Å². The van der Waals surface area contributed by atoms with Crippen LogP contribution in [0.4, 0.5) is 0 Å². The van der Waals surface area contributed by atoms with E-state index >= 15 is 0 Å². The topological polar surface area (TPSA) is 118 Å². The van der Waals surface area contributed by atoms with E-state index in [0.29, 0.717) is 0 Å². The molecule has 0 saturated carbocycles.